The number of hydrogen-bond acceptors (Lipinski definition) is 0. The van der Waals surface area contributed by atoms with Gasteiger partial charge in [-0.1, -0.05) is 6.08 Å². The molecule has 0 spiro atoms. The third-order valence-electron chi connectivity index (χ3n) is 1.33. The molecule has 0 aliphatic carbocycles. The molecule has 0 rings (SSSR count). The van der Waals surface area contributed by atoms with E-state index in [1.807, 2.05) is 0 Å². The van der Waals surface area contributed by atoms with Gasteiger partial charge in [-0.3, -0.25) is 0 Å². The summed E-state index contributed by atoms with van der Waals surface area (Å²) in [6.45, 7) is 3.16. The topological polar surface area (TPSA) is 0 Å². The van der Waals surface area contributed by atoms with Crippen LogP contribution in [-0.4, -0.2) is 18.5 Å². The molecule has 0 heterocycles. The minimum atomic E-state index is -4.54. The van der Waals surface area contributed by atoms with Gasteiger partial charge < -0.3 is 0 Å². The largest absolute Gasteiger partial charge is 0.337 e. The number of alkyl halides is 5. The predicted molar refractivity (Wildman–Crippen MR) is 35.3 cm³/mol. The summed E-state index contributed by atoms with van der Waals surface area (Å²) < 4.78 is 59.5. The summed E-state index contributed by atoms with van der Waals surface area (Å²) in [6.07, 6.45) is -6.20. The molecule has 0 saturated heterocycles. The lowest BCUT2D eigenvalue weighted by Crippen LogP contribution is -2.37. The third kappa shape index (κ3) is 2.79. The molecule has 0 saturated carbocycles. The Bertz CT molecular complexity index is 143. The van der Waals surface area contributed by atoms with E-state index in [0.717, 1.165) is 0 Å². The van der Waals surface area contributed by atoms with Crippen molar-refractivity contribution in [1.29, 1.82) is 0 Å². The molecule has 0 aliphatic heterocycles. The first kappa shape index (κ1) is 11.4. The van der Waals surface area contributed by atoms with Crippen molar-refractivity contribution in [3.05, 3.63) is 12.7 Å². The Morgan fingerprint density at radius 2 is 1.75 bits per heavy atom. The Hall–Kier alpha value is -0.610. The van der Waals surface area contributed by atoms with Gasteiger partial charge in [-0.25, -0.2) is 13.2 Å². The van der Waals surface area contributed by atoms with E-state index < -0.39 is 24.9 Å². The molecule has 0 aromatic rings. The minimum Gasteiger partial charge on any atom is -0.241 e. The summed E-state index contributed by atoms with van der Waals surface area (Å²) in [7, 11) is 0. The quantitative estimate of drug-likeness (QED) is 0.459. The molecule has 0 aromatic heterocycles. The summed E-state index contributed by atoms with van der Waals surface area (Å²) in [6, 6.07) is 0. The molecule has 72 valence electrons. The van der Waals surface area contributed by atoms with Gasteiger partial charge >= 0.3 is 12.3 Å². The highest BCUT2D eigenvalue weighted by Crippen LogP contribution is 2.31. The third-order valence-corrected chi connectivity index (χ3v) is 1.33. The fraction of sp³-hybridized carbons (Fsp3) is 0.714. The van der Waals surface area contributed by atoms with Crippen LogP contribution in [-0.2, 0) is 0 Å². The summed E-state index contributed by atoms with van der Waals surface area (Å²) in [5.74, 6) is -4.54. The Balaban J connectivity index is 4.05. The molecule has 0 nitrogen and oxygen atoms in total. The van der Waals surface area contributed by atoms with E-state index >= 15 is 0 Å². The van der Waals surface area contributed by atoms with Crippen LogP contribution in [0.15, 0.2) is 12.7 Å². The Morgan fingerprint density at radius 1 is 1.25 bits per heavy atom. The van der Waals surface area contributed by atoms with Gasteiger partial charge in [0.05, 0.1) is 0 Å². The van der Waals surface area contributed by atoms with Crippen molar-refractivity contribution in [2.24, 2.45) is 0 Å². The molecule has 0 amide bonds. The number of halogens is 5. The fourth-order valence-corrected chi connectivity index (χ4v) is 0.593. The van der Waals surface area contributed by atoms with Gasteiger partial charge in [0.1, 0.15) is 0 Å². The van der Waals surface area contributed by atoms with Crippen molar-refractivity contribution < 1.29 is 22.0 Å². The van der Waals surface area contributed by atoms with E-state index in [-0.39, 0.29) is 6.42 Å². The zero-order valence-corrected chi connectivity index (χ0v) is 6.24. The van der Waals surface area contributed by atoms with Crippen molar-refractivity contribution in [2.45, 2.75) is 31.4 Å². The Labute approximate surface area is 67.1 Å². The van der Waals surface area contributed by atoms with Gasteiger partial charge in [0.15, 0.2) is 6.17 Å². The van der Waals surface area contributed by atoms with Crippen molar-refractivity contribution in [3.63, 3.8) is 0 Å². The highest BCUT2D eigenvalue weighted by atomic mass is 19.3. The van der Waals surface area contributed by atoms with Crippen LogP contribution in [0.1, 0.15) is 12.8 Å². The van der Waals surface area contributed by atoms with E-state index in [4.69, 9.17) is 0 Å². The standard InChI is InChI=1S/C7H9F5/c1-2-3-4-5(8)7(11,12)6(9)10/h2,5-6H,1,3-4H2. The number of allylic oxidation sites excluding steroid dienone is 1. The fourth-order valence-electron chi connectivity index (χ4n) is 0.593. The van der Waals surface area contributed by atoms with Crippen LogP contribution in [0.2, 0.25) is 0 Å². The van der Waals surface area contributed by atoms with Crippen molar-refractivity contribution >= 4 is 0 Å². The van der Waals surface area contributed by atoms with E-state index in [1.165, 1.54) is 6.08 Å². The van der Waals surface area contributed by atoms with Gasteiger partial charge in [-0.2, -0.15) is 8.78 Å². The van der Waals surface area contributed by atoms with Gasteiger partial charge in [0.2, 0.25) is 0 Å². The van der Waals surface area contributed by atoms with E-state index in [2.05, 4.69) is 6.58 Å². The summed E-state index contributed by atoms with van der Waals surface area (Å²) in [5.41, 5.74) is 0. The Morgan fingerprint density at radius 3 is 2.08 bits per heavy atom. The maximum absolute atomic E-state index is 12.3. The van der Waals surface area contributed by atoms with Crippen LogP contribution in [0.5, 0.6) is 0 Å². The van der Waals surface area contributed by atoms with Gasteiger partial charge in [-0.15, -0.1) is 6.58 Å². The van der Waals surface area contributed by atoms with Crippen LogP contribution >= 0.6 is 0 Å². The highest BCUT2D eigenvalue weighted by molar-refractivity contribution is 4.81. The first-order chi connectivity index (χ1) is 5.42. The lowest BCUT2D eigenvalue weighted by molar-refractivity contribution is -0.171. The highest BCUT2D eigenvalue weighted by Gasteiger charge is 2.48. The van der Waals surface area contributed by atoms with Crippen LogP contribution in [0, 0.1) is 0 Å². The molecule has 1 unspecified atom stereocenters. The van der Waals surface area contributed by atoms with Crippen LogP contribution in [0.4, 0.5) is 22.0 Å². The summed E-state index contributed by atoms with van der Waals surface area (Å²) >= 11 is 0. The Kier molecular flexibility index (Phi) is 4.20. The molecule has 0 aromatic carbocycles. The van der Waals surface area contributed by atoms with Crippen molar-refractivity contribution in [3.8, 4) is 0 Å². The molecule has 12 heavy (non-hydrogen) atoms. The molecule has 0 N–H and O–H groups in total. The molecule has 0 bridgehead atoms. The maximum Gasteiger partial charge on any atom is 0.337 e. The van der Waals surface area contributed by atoms with Gasteiger partial charge in [0, 0.05) is 0 Å². The summed E-state index contributed by atoms with van der Waals surface area (Å²) in [4.78, 5) is 0. The summed E-state index contributed by atoms with van der Waals surface area (Å²) in [5, 5.41) is 0. The zero-order valence-electron chi connectivity index (χ0n) is 6.24. The SMILES string of the molecule is C=CCCC(F)C(F)(F)C(F)F. The van der Waals surface area contributed by atoms with Crippen LogP contribution < -0.4 is 0 Å². The minimum absolute atomic E-state index is 0.0382. The van der Waals surface area contributed by atoms with Gasteiger partial charge in [-0.05, 0) is 12.8 Å². The monoisotopic (exact) mass is 188 g/mol. The second-order valence-electron chi connectivity index (χ2n) is 2.31. The average molecular weight is 188 g/mol. The second kappa shape index (κ2) is 4.42. The van der Waals surface area contributed by atoms with Crippen LogP contribution in [0.3, 0.4) is 0 Å². The lowest BCUT2D eigenvalue weighted by Gasteiger charge is -2.18. The first-order valence-electron chi connectivity index (χ1n) is 3.33. The zero-order chi connectivity index (χ0) is 9.78. The first-order valence-corrected chi connectivity index (χ1v) is 3.33. The lowest BCUT2D eigenvalue weighted by atomic mass is 10.1. The van der Waals surface area contributed by atoms with Crippen molar-refractivity contribution in [2.75, 3.05) is 0 Å². The van der Waals surface area contributed by atoms with E-state index in [1.54, 1.807) is 0 Å². The normalized spacial score (nSPS) is 14.8. The smallest absolute Gasteiger partial charge is 0.241 e. The number of hydrogen-bond donors (Lipinski definition) is 0. The molecular weight excluding hydrogens is 179 g/mol. The van der Waals surface area contributed by atoms with Crippen LogP contribution in [0.25, 0.3) is 0 Å². The average Bonchev–Trinajstić information content (AvgIpc) is 1.99. The molecule has 0 fully saturated rings. The second-order valence-corrected chi connectivity index (χ2v) is 2.31. The molecule has 0 aliphatic rings. The van der Waals surface area contributed by atoms with E-state index in [0.29, 0.717) is 0 Å². The predicted octanol–water partition coefficient (Wildman–Crippen LogP) is 3.19. The van der Waals surface area contributed by atoms with Crippen molar-refractivity contribution in [1.82, 2.24) is 0 Å². The van der Waals surface area contributed by atoms with Gasteiger partial charge in [0.25, 0.3) is 0 Å². The van der Waals surface area contributed by atoms with E-state index in [9.17, 15) is 22.0 Å². The molecular formula is C7H9F5. The molecule has 5 heteroatoms. The molecule has 0 radical (unpaired) electrons. The number of rotatable bonds is 5. The maximum atomic E-state index is 12.3. The molecule has 1 atom stereocenters.